The molecule has 0 bridgehead atoms. The minimum absolute atomic E-state index is 0.0139. The van der Waals surface area contributed by atoms with Crippen LogP contribution in [0.3, 0.4) is 0 Å². The zero-order chi connectivity index (χ0) is 23.7. The summed E-state index contributed by atoms with van der Waals surface area (Å²) >= 11 is 6.21. The van der Waals surface area contributed by atoms with Gasteiger partial charge < -0.3 is 10.1 Å². The Bertz CT molecular complexity index is 1160. The number of hydrogen-bond acceptors (Lipinski definition) is 4. The van der Waals surface area contributed by atoms with Crippen LogP contribution in [-0.2, 0) is 27.8 Å². The summed E-state index contributed by atoms with van der Waals surface area (Å²) in [7, 11) is -3.74. The highest BCUT2D eigenvalue weighted by Crippen LogP contribution is 2.27. The molecule has 1 atom stereocenters. The lowest BCUT2D eigenvalue weighted by Gasteiger charge is -2.15. The van der Waals surface area contributed by atoms with Crippen molar-refractivity contribution in [2.24, 2.45) is 0 Å². The fourth-order valence-corrected chi connectivity index (χ4v) is 4.53. The fraction of sp³-hybridized carbons (Fsp3) is 0.240. The van der Waals surface area contributed by atoms with E-state index in [0.717, 1.165) is 18.4 Å². The number of nitrogens with one attached hydrogen (secondary N) is 2. The average Bonchev–Trinajstić information content (AvgIpc) is 2.82. The summed E-state index contributed by atoms with van der Waals surface area (Å²) in [6.07, 6.45) is 1.67. The Morgan fingerprint density at radius 2 is 1.61 bits per heavy atom. The van der Waals surface area contributed by atoms with Gasteiger partial charge in [-0.25, -0.2) is 13.1 Å². The van der Waals surface area contributed by atoms with E-state index < -0.39 is 10.0 Å². The summed E-state index contributed by atoms with van der Waals surface area (Å²) in [4.78, 5) is 12.2. The molecule has 3 rings (SSSR count). The van der Waals surface area contributed by atoms with Gasteiger partial charge in [-0.1, -0.05) is 72.3 Å². The van der Waals surface area contributed by atoms with Crippen molar-refractivity contribution >= 4 is 27.5 Å². The Kier molecular flexibility index (Phi) is 8.88. The maximum atomic E-state index is 12.5. The quantitative estimate of drug-likeness (QED) is 0.422. The highest BCUT2D eigenvalue weighted by molar-refractivity contribution is 7.89. The normalized spacial score (nSPS) is 12.2. The van der Waals surface area contributed by atoms with Crippen molar-refractivity contribution in [3.05, 3.63) is 95.0 Å². The van der Waals surface area contributed by atoms with Crippen LogP contribution in [0.25, 0.3) is 0 Å². The molecule has 0 saturated heterocycles. The molecule has 8 heteroatoms. The predicted molar refractivity (Wildman–Crippen MR) is 130 cm³/mol. The number of halogens is 1. The van der Waals surface area contributed by atoms with Crippen molar-refractivity contribution in [1.82, 2.24) is 10.0 Å². The SMILES string of the molecule is C[C@@H](CCc1ccccc1)NC(=O)COc1ccc(S(=O)(=O)NCc2ccccc2)cc1Cl. The van der Waals surface area contributed by atoms with E-state index in [4.69, 9.17) is 16.3 Å². The summed E-state index contributed by atoms with van der Waals surface area (Å²) in [6.45, 7) is 1.89. The highest BCUT2D eigenvalue weighted by atomic mass is 35.5. The molecule has 3 aromatic carbocycles. The molecule has 0 heterocycles. The van der Waals surface area contributed by atoms with E-state index in [-0.39, 0.29) is 40.8 Å². The van der Waals surface area contributed by atoms with Gasteiger partial charge in [-0.3, -0.25) is 4.79 Å². The number of amides is 1. The first-order chi connectivity index (χ1) is 15.8. The van der Waals surface area contributed by atoms with Crippen LogP contribution in [-0.4, -0.2) is 27.0 Å². The second-order valence-electron chi connectivity index (χ2n) is 7.68. The Balaban J connectivity index is 1.48. The summed E-state index contributed by atoms with van der Waals surface area (Å²) in [5, 5.41) is 3.01. The number of aryl methyl sites for hydroxylation is 1. The van der Waals surface area contributed by atoms with Gasteiger partial charge in [-0.15, -0.1) is 0 Å². The first-order valence-corrected chi connectivity index (χ1v) is 12.5. The van der Waals surface area contributed by atoms with Crippen molar-refractivity contribution in [1.29, 1.82) is 0 Å². The van der Waals surface area contributed by atoms with E-state index in [1.165, 1.54) is 23.8 Å². The molecule has 0 aliphatic heterocycles. The Morgan fingerprint density at radius 3 is 2.24 bits per heavy atom. The Labute approximate surface area is 200 Å². The van der Waals surface area contributed by atoms with Crippen molar-refractivity contribution in [3.63, 3.8) is 0 Å². The van der Waals surface area contributed by atoms with Crippen LogP contribution >= 0.6 is 11.6 Å². The van der Waals surface area contributed by atoms with Gasteiger partial charge in [0.2, 0.25) is 10.0 Å². The highest BCUT2D eigenvalue weighted by Gasteiger charge is 2.17. The molecular weight excluding hydrogens is 460 g/mol. The number of carbonyl (C=O) groups excluding carboxylic acids is 1. The first-order valence-electron chi connectivity index (χ1n) is 10.6. The van der Waals surface area contributed by atoms with Crippen LogP contribution in [0.1, 0.15) is 24.5 Å². The first kappa shape index (κ1) is 24.8. The minimum Gasteiger partial charge on any atom is -0.482 e. The van der Waals surface area contributed by atoms with Gasteiger partial charge in [0.25, 0.3) is 5.91 Å². The van der Waals surface area contributed by atoms with Gasteiger partial charge in [0.15, 0.2) is 6.61 Å². The monoisotopic (exact) mass is 486 g/mol. The smallest absolute Gasteiger partial charge is 0.258 e. The second-order valence-corrected chi connectivity index (χ2v) is 9.86. The van der Waals surface area contributed by atoms with Gasteiger partial charge in [0, 0.05) is 12.6 Å². The Morgan fingerprint density at radius 1 is 0.970 bits per heavy atom. The molecule has 33 heavy (non-hydrogen) atoms. The van der Waals surface area contributed by atoms with E-state index >= 15 is 0 Å². The number of rotatable bonds is 11. The molecule has 174 valence electrons. The molecule has 0 spiro atoms. The van der Waals surface area contributed by atoms with E-state index in [1.54, 1.807) is 0 Å². The third kappa shape index (κ3) is 7.89. The topological polar surface area (TPSA) is 84.5 Å². The third-order valence-electron chi connectivity index (χ3n) is 5.00. The molecule has 2 N–H and O–H groups in total. The average molecular weight is 487 g/mol. The molecule has 0 radical (unpaired) electrons. The molecule has 0 aliphatic rings. The third-order valence-corrected chi connectivity index (χ3v) is 6.69. The second kappa shape index (κ2) is 11.8. The van der Waals surface area contributed by atoms with Gasteiger partial charge in [0.1, 0.15) is 5.75 Å². The van der Waals surface area contributed by atoms with Crippen molar-refractivity contribution in [3.8, 4) is 5.75 Å². The summed E-state index contributed by atoms with van der Waals surface area (Å²) < 4.78 is 33.1. The van der Waals surface area contributed by atoms with Gasteiger partial charge >= 0.3 is 0 Å². The maximum Gasteiger partial charge on any atom is 0.258 e. The van der Waals surface area contributed by atoms with Crippen LogP contribution in [0.15, 0.2) is 83.8 Å². The summed E-state index contributed by atoms with van der Waals surface area (Å²) in [5.74, 6) is -0.0291. The molecule has 6 nitrogen and oxygen atoms in total. The molecule has 0 aliphatic carbocycles. The van der Waals surface area contributed by atoms with Gasteiger partial charge in [-0.2, -0.15) is 0 Å². The number of benzene rings is 3. The zero-order valence-corrected chi connectivity index (χ0v) is 19.9. The number of hydrogen-bond donors (Lipinski definition) is 2. The predicted octanol–water partition coefficient (Wildman–Crippen LogP) is 4.33. The van der Waals surface area contributed by atoms with Crippen LogP contribution < -0.4 is 14.8 Å². The molecule has 0 saturated carbocycles. The molecule has 0 fully saturated rings. The number of sulfonamides is 1. The van der Waals surface area contributed by atoms with E-state index in [1.807, 2.05) is 55.5 Å². The van der Waals surface area contributed by atoms with E-state index in [9.17, 15) is 13.2 Å². The van der Waals surface area contributed by atoms with Crippen LogP contribution in [0.4, 0.5) is 0 Å². The zero-order valence-electron chi connectivity index (χ0n) is 18.3. The molecule has 0 aromatic heterocycles. The molecular formula is C25H27ClN2O4S. The van der Waals surface area contributed by atoms with Crippen molar-refractivity contribution < 1.29 is 17.9 Å². The summed E-state index contributed by atoms with van der Waals surface area (Å²) in [6, 6.07) is 23.4. The largest absolute Gasteiger partial charge is 0.482 e. The lowest BCUT2D eigenvalue weighted by molar-refractivity contribution is -0.123. The van der Waals surface area contributed by atoms with Crippen LogP contribution in [0.2, 0.25) is 5.02 Å². The maximum absolute atomic E-state index is 12.5. The van der Waals surface area contributed by atoms with Gasteiger partial charge in [0.05, 0.1) is 9.92 Å². The molecule has 3 aromatic rings. The Hall–Kier alpha value is -2.87. The van der Waals surface area contributed by atoms with E-state index in [2.05, 4.69) is 22.2 Å². The van der Waals surface area contributed by atoms with Crippen LogP contribution in [0.5, 0.6) is 5.75 Å². The standard InChI is InChI=1S/C25H27ClN2O4S/c1-19(12-13-20-8-4-2-5-9-20)28-25(29)18-32-24-15-14-22(16-23(24)26)33(30,31)27-17-21-10-6-3-7-11-21/h2-11,14-16,19,27H,12-13,17-18H2,1H3,(H,28,29)/t19-/m0/s1. The molecule has 1 amide bonds. The lowest BCUT2D eigenvalue weighted by atomic mass is 10.1. The lowest BCUT2D eigenvalue weighted by Crippen LogP contribution is -2.36. The minimum atomic E-state index is -3.74. The van der Waals surface area contributed by atoms with E-state index in [0.29, 0.717) is 0 Å². The fourth-order valence-electron chi connectivity index (χ4n) is 3.18. The van der Waals surface area contributed by atoms with Crippen LogP contribution in [0, 0.1) is 0 Å². The van der Waals surface area contributed by atoms with Gasteiger partial charge in [-0.05, 0) is 49.1 Å². The van der Waals surface area contributed by atoms with Crippen molar-refractivity contribution in [2.75, 3.05) is 6.61 Å². The number of ether oxygens (including phenoxy) is 1. The van der Waals surface area contributed by atoms with Crippen molar-refractivity contribution in [2.45, 2.75) is 37.2 Å². The number of carbonyl (C=O) groups is 1. The molecule has 0 unspecified atom stereocenters. The summed E-state index contributed by atoms with van der Waals surface area (Å²) in [5.41, 5.74) is 2.06.